The number of nitrogens with zero attached hydrogens (tertiary/aromatic N) is 3. The van der Waals surface area contributed by atoms with E-state index in [0.717, 1.165) is 30.0 Å². The van der Waals surface area contributed by atoms with Gasteiger partial charge in [-0.2, -0.15) is 0 Å². The van der Waals surface area contributed by atoms with E-state index in [1.165, 1.54) is 0 Å². The molecule has 0 fully saturated rings. The molecule has 0 saturated heterocycles. The Balaban J connectivity index is 2.62. The molecule has 0 unspecified atom stereocenters. The molecule has 0 aliphatic heterocycles. The van der Waals surface area contributed by atoms with Crippen molar-refractivity contribution in [3.63, 3.8) is 0 Å². The Hall–Kier alpha value is -1.13. The number of carbonyl (C=O) groups excluding carboxylic acids is 1. The van der Waals surface area contributed by atoms with Crippen molar-refractivity contribution >= 4 is 5.78 Å². The lowest BCUT2D eigenvalue weighted by Crippen LogP contribution is -2.32. The van der Waals surface area contributed by atoms with Crippen LogP contribution in [0, 0.1) is 13.8 Å². The largest absolute Gasteiger partial charge is 0.351 e. The van der Waals surface area contributed by atoms with Crippen LogP contribution in [0.1, 0.15) is 21.7 Å². The van der Waals surface area contributed by atoms with E-state index < -0.39 is 0 Å². The van der Waals surface area contributed by atoms with E-state index in [4.69, 9.17) is 0 Å². The molecule has 4 nitrogen and oxygen atoms in total. The third-order valence-corrected chi connectivity index (χ3v) is 3.42. The number of rotatable bonds is 6. The zero-order valence-electron chi connectivity index (χ0n) is 12.4. The first-order valence-electron chi connectivity index (χ1n) is 6.32. The van der Waals surface area contributed by atoms with Crippen molar-refractivity contribution in [2.45, 2.75) is 13.8 Å². The van der Waals surface area contributed by atoms with Crippen LogP contribution in [0.4, 0.5) is 0 Å². The Labute approximate surface area is 110 Å². The van der Waals surface area contributed by atoms with Gasteiger partial charge in [-0.3, -0.25) is 9.69 Å². The number of ketones is 1. The molecule has 1 rings (SSSR count). The molecular formula is C14H25N3O. The summed E-state index contributed by atoms with van der Waals surface area (Å²) >= 11 is 0. The zero-order chi connectivity index (χ0) is 13.9. The molecule has 0 amide bonds. The minimum absolute atomic E-state index is 0.206. The Morgan fingerprint density at radius 3 is 2.28 bits per heavy atom. The summed E-state index contributed by atoms with van der Waals surface area (Å²) in [7, 11) is 8.07. The van der Waals surface area contributed by atoms with E-state index in [1.54, 1.807) is 0 Å². The highest BCUT2D eigenvalue weighted by Gasteiger charge is 2.15. The third kappa shape index (κ3) is 3.68. The van der Waals surface area contributed by atoms with Crippen LogP contribution in [0.15, 0.2) is 6.07 Å². The number of carbonyl (C=O) groups is 1. The van der Waals surface area contributed by atoms with Crippen LogP contribution in [-0.4, -0.2) is 60.9 Å². The summed E-state index contributed by atoms with van der Waals surface area (Å²) in [5, 5.41) is 0. The van der Waals surface area contributed by atoms with Crippen molar-refractivity contribution in [2.24, 2.45) is 7.05 Å². The van der Waals surface area contributed by atoms with Gasteiger partial charge < -0.3 is 9.47 Å². The van der Waals surface area contributed by atoms with Crippen molar-refractivity contribution < 1.29 is 4.79 Å². The summed E-state index contributed by atoms with van der Waals surface area (Å²) in [6, 6.07) is 1.98. The highest BCUT2D eigenvalue weighted by Crippen LogP contribution is 2.14. The van der Waals surface area contributed by atoms with Gasteiger partial charge in [0.05, 0.1) is 6.54 Å². The van der Waals surface area contributed by atoms with E-state index in [1.807, 2.05) is 48.1 Å². The van der Waals surface area contributed by atoms with Crippen molar-refractivity contribution in [2.75, 3.05) is 40.8 Å². The fourth-order valence-corrected chi connectivity index (χ4v) is 1.92. The zero-order valence-corrected chi connectivity index (χ0v) is 12.4. The molecule has 4 heteroatoms. The summed E-state index contributed by atoms with van der Waals surface area (Å²) in [4.78, 5) is 16.4. The molecule has 0 N–H and O–H groups in total. The molecule has 0 aliphatic carbocycles. The van der Waals surface area contributed by atoms with Gasteiger partial charge in [-0.15, -0.1) is 0 Å². The summed E-state index contributed by atoms with van der Waals surface area (Å²) in [6.45, 7) is 6.39. The smallest absolute Gasteiger partial charge is 0.178 e. The molecule has 0 aliphatic rings. The van der Waals surface area contributed by atoms with Crippen molar-refractivity contribution in [3.8, 4) is 0 Å². The summed E-state index contributed by atoms with van der Waals surface area (Å²) in [5.41, 5.74) is 3.04. The lowest BCUT2D eigenvalue weighted by molar-refractivity contribution is 0.0942. The Kier molecular flexibility index (Phi) is 5.11. The standard InChI is InChI=1S/C14H25N3O/c1-11-9-13(12(2)17(11)6)14(18)10-16(5)8-7-15(3)4/h9H,7-8,10H2,1-6H3. The maximum atomic E-state index is 12.2. The van der Waals surface area contributed by atoms with Crippen molar-refractivity contribution in [3.05, 3.63) is 23.0 Å². The van der Waals surface area contributed by atoms with Crippen LogP contribution < -0.4 is 0 Å². The maximum Gasteiger partial charge on any atom is 0.178 e. The van der Waals surface area contributed by atoms with Gasteiger partial charge in [0.2, 0.25) is 0 Å². The van der Waals surface area contributed by atoms with Gasteiger partial charge in [0.1, 0.15) is 0 Å². The maximum absolute atomic E-state index is 12.2. The first-order valence-corrected chi connectivity index (χ1v) is 6.32. The Morgan fingerprint density at radius 2 is 1.83 bits per heavy atom. The molecule has 0 radical (unpaired) electrons. The lowest BCUT2D eigenvalue weighted by atomic mass is 10.1. The number of hydrogen-bond donors (Lipinski definition) is 0. The second-order valence-corrected chi connectivity index (χ2v) is 5.31. The molecule has 0 bridgehead atoms. The second-order valence-electron chi connectivity index (χ2n) is 5.31. The first kappa shape index (κ1) is 14.9. The van der Waals surface area contributed by atoms with Crippen LogP contribution in [0.3, 0.4) is 0 Å². The van der Waals surface area contributed by atoms with Crippen LogP contribution in [0.5, 0.6) is 0 Å². The van der Waals surface area contributed by atoms with E-state index in [9.17, 15) is 4.79 Å². The normalized spacial score (nSPS) is 11.6. The average molecular weight is 251 g/mol. The predicted octanol–water partition coefficient (Wildman–Crippen LogP) is 1.32. The Morgan fingerprint density at radius 1 is 1.22 bits per heavy atom. The first-order chi connectivity index (χ1) is 8.32. The molecular weight excluding hydrogens is 226 g/mol. The van der Waals surface area contributed by atoms with Crippen molar-refractivity contribution in [1.82, 2.24) is 14.4 Å². The lowest BCUT2D eigenvalue weighted by Gasteiger charge is -2.18. The molecule has 102 valence electrons. The van der Waals surface area contributed by atoms with Crippen LogP contribution >= 0.6 is 0 Å². The fourth-order valence-electron chi connectivity index (χ4n) is 1.92. The Bertz CT molecular complexity index is 421. The van der Waals surface area contributed by atoms with Crippen LogP contribution in [0.25, 0.3) is 0 Å². The number of Topliss-reactive ketones (excluding diaryl/α,β-unsaturated/α-hetero) is 1. The van der Waals surface area contributed by atoms with E-state index >= 15 is 0 Å². The van der Waals surface area contributed by atoms with Crippen molar-refractivity contribution in [1.29, 1.82) is 0 Å². The van der Waals surface area contributed by atoms with E-state index in [2.05, 4.69) is 14.4 Å². The third-order valence-electron chi connectivity index (χ3n) is 3.42. The topological polar surface area (TPSA) is 28.5 Å². The molecule has 0 aromatic carbocycles. The molecule has 0 saturated carbocycles. The SMILES string of the molecule is Cc1cc(C(=O)CN(C)CCN(C)C)c(C)n1C. The van der Waals surface area contributed by atoms with Gasteiger partial charge >= 0.3 is 0 Å². The summed E-state index contributed by atoms with van der Waals surface area (Å²) in [5.74, 6) is 0.206. The average Bonchev–Trinajstić information content (AvgIpc) is 2.54. The molecule has 18 heavy (non-hydrogen) atoms. The van der Waals surface area contributed by atoms with Gasteiger partial charge in [0.15, 0.2) is 5.78 Å². The van der Waals surface area contributed by atoms with Gasteiger partial charge in [0, 0.05) is 37.1 Å². The minimum atomic E-state index is 0.206. The molecule has 1 heterocycles. The molecule has 0 atom stereocenters. The van der Waals surface area contributed by atoms with Gasteiger partial charge in [0.25, 0.3) is 0 Å². The molecule has 1 aromatic heterocycles. The number of aromatic nitrogens is 1. The number of likely N-dealkylation sites (N-methyl/N-ethyl adjacent to an activating group) is 2. The van der Waals surface area contributed by atoms with E-state index in [0.29, 0.717) is 6.54 Å². The van der Waals surface area contributed by atoms with E-state index in [-0.39, 0.29) is 5.78 Å². The van der Waals surface area contributed by atoms with Crippen LogP contribution in [-0.2, 0) is 7.05 Å². The summed E-state index contributed by atoms with van der Waals surface area (Å²) < 4.78 is 2.06. The fraction of sp³-hybridized carbons (Fsp3) is 0.643. The highest BCUT2D eigenvalue weighted by atomic mass is 16.1. The second kappa shape index (κ2) is 6.16. The predicted molar refractivity (Wildman–Crippen MR) is 75.3 cm³/mol. The molecule has 1 aromatic rings. The van der Waals surface area contributed by atoms with Gasteiger partial charge in [-0.05, 0) is 41.1 Å². The number of hydrogen-bond acceptors (Lipinski definition) is 3. The monoisotopic (exact) mass is 251 g/mol. The quantitative estimate of drug-likeness (QED) is 0.714. The minimum Gasteiger partial charge on any atom is -0.351 e. The molecule has 0 spiro atoms. The van der Waals surface area contributed by atoms with Gasteiger partial charge in [-0.1, -0.05) is 0 Å². The van der Waals surface area contributed by atoms with Crippen LogP contribution in [0.2, 0.25) is 0 Å². The number of aryl methyl sites for hydroxylation is 1. The van der Waals surface area contributed by atoms with Gasteiger partial charge in [-0.25, -0.2) is 0 Å². The summed E-state index contributed by atoms with van der Waals surface area (Å²) in [6.07, 6.45) is 0. The highest BCUT2D eigenvalue weighted by molar-refractivity contribution is 5.99.